The summed E-state index contributed by atoms with van der Waals surface area (Å²) in [6.45, 7) is 3.49. The van der Waals surface area contributed by atoms with Gasteiger partial charge in [-0.05, 0) is 49.8 Å². The molecule has 2 rings (SSSR count). The summed E-state index contributed by atoms with van der Waals surface area (Å²) in [5.74, 6) is -0.982. The molecule has 0 bridgehead atoms. The van der Waals surface area contributed by atoms with E-state index < -0.39 is 18.0 Å². The number of rotatable bonds is 5. The van der Waals surface area contributed by atoms with Crippen LogP contribution in [0.1, 0.15) is 18.1 Å². The number of carbonyl (C=O) groups excluding carboxylic acids is 2. The van der Waals surface area contributed by atoms with Crippen LogP contribution in [0.4, 0.5) is 5.69 Å². The molecule has 0 saturated heterocycles. The van der Waals surface area contributed by atoms with E-state index in [-0.39, 0.29) is 0 Å². The van der Waals surface area contributed by atoms with Crippen molar-refractivity contribution in [1.82, 2.24) is 0 Å². The lowest BCUT2D eigenvalue weighted by atomic mass is 10.1. The first-order valence-electron chi connectivity index (χ1n) is 7.46. The zero-order valence-electron chi connectivity index (χ0n) is 13.5. The van der Waals surface area contributed by atoms with Crippen molar-refractivity contribution in [2.24, 2.45) is 0 Å². The zero-order chi connectivity index (χ0) is 17.5. The van der Waals surface area contributed by atoms with Gasteiger partial charge in [0.25, 0.3) is 5.91 Å². The summed E-state index contributed by atoms with van der Waals surface area (Å²) in [5, 5.41) is 3.23. The maximum atomic E-state index is 12.0. The quantitative estimate of drug-likeness (QED) is 0.652. The molecule has 0 saturated carbocycles. The Morgan fingerprint density at radius 1 is 1.17 bits per heavy atom. The molecule has 0 radical (unpaired) electrons. The lowest BCUT2D eigenvalue weighted by molar-refractivity contribution is -0.148. The Labute approximate surface area is 146 Å². The Morgan fingerprint density at radius 2 is 1.88 bits per heavy atom. The van der Waals surface area contributed by atoms with Gasteiger partial charge in [-0.3, -0.25) is 4.79 Å². The Bertz CT molecular complexity index is 753. The lowest BCUT2D eigenvalue weighted by Crippen LogP contribution is -2.29. The molecule has 2 aromatic carbocycles. The first kappa shape index (κ1) is 17.8. The molecule has 0 heterocycles. The molecule has 0 aromatic heterocycles. The van der Waals surface area contributed by atoms with Crippen molar-refractivity contribution in [3.05, 3.63) is 70.8 Å². The molecular formula is C19H18ClNO3. The normalized spacial score (nSPS) is 12.0. The first-order chi connectivity index (χ1) is 11.4. The van der Waals surface area contributed by atoms with Gasteiger partial charge in [-0.25, -0.2) is 4.79 Å². The van der Waals surface area contributed by atoms with E-state index in [2.05, 4.69) is 5.32 Å². The number of benzene rings is 2. The molecule has 0 aliphatic heterocycles. The van der Waals surface area contributed by atoms with E-state index >= 15 is 0 Å². The maximum Gasteiger partial charge on any atom is 0.331 e. The van der Waals surface area contributed by atoms with E-state index in [1.165, 1.54) is 13.0 Å². The van der Waals surface area contributed by atoms with Gasteiger partial charge in [-0.2, -0.15) is 0 Å². The van der Waals surface area contributed by atoms with Gasteiger partial charge in [-0.15, -0.1) is 0 Å². The maximum absolute atomic E-state index is 12.0. The van der Waals surface area contributed by atoms with Gasteiger partial charge >= 0.3 is 5.97 Å². The Hall–Kier alpha value is -2.59. The lowest BCUT2D eigenvalue weighted by Gasteiger charge is -2.12. The minimum Gasteiger partial charge on any atom is -0.449 e. The fraction of sp³-hybridized carbons (Fsp3) is 0.158. The Kier molecular flexibility index (Phi) is 6.15. The molecule has 24 heavy (non-hydrogen) atoms. The third kappa shape index (κ3) is 5.56. The fourth-order valence-electron chi connectivity index (χ4n) is 1.98. The van der Waals surface area contributed by atoms with E-state index in [0.717, 1.165) is 11.1 Å². The molecule has 0 aliphatic carbocycles. The third-order valence-electron chi connectivity index (χ3n) is 3.23. The average Bonchev–Trinajstić information content (AvgIpc) is 2.55. The zero-order valence-corrected chi connectivity index (χ0v) is 14.2. The second-order valence-corrected chi connectivity index (χ2v) is 5.76. The molecule has 0 fully saturated rings. The first-order valence-corrected chi connectivity index (χ1v) is 7.83. The highest BCUT2D eigenvalue weighted by Crippen LogP contribution is 2.14. The summed E-state index contributed by atoms with van der Waals surface area (Å²) in [5.41, 5.74) is 2.58. The minimum absolute atomic E-state index is 0.408. The number of anilines is 1. The van der Waals surface area contributed by atoms with Gasteiger partial charge in [0.2, 0.25) is 0 Å². The van der Waals surface area contributed by atoms with Crippen molar-refractivity contribution in [1.29, 1.82) is 0 Å². The van der Waals surface area contributed by atoms with Crippen LogP contribution in [-0.2, 0) is 14.3 Å². The molecule has 1 amide bonds. The number of hydrogen-bond donors (Lipinski definition) is 1. The largest absolute Gasteiger partial charge is 0.449 e. The molecule has 0 spiro atoms. The van der Waals surface area contributed by atoms with Crippen molar-refractivity contribution in [2.75, 3.05) is 5.32 Å². The number of hydrogen-bond acceptors (Lipinski definition) is 3. The summed E-state index contributed by atoms with van der Waals surface area (Å²) < 4.78 is 5.10. The molecule has 1 N–H and O–H groups in total. The van der Waals surface area contributed by atoms with Crippen LogP contribution < -0.4 is 5.32 Å². The highest BCUT2D eigenvalue weighted by Gasteiger charge is 2.16. The minimum atomic E-state index is -0.907. The molecular weight excluding hydrogens is 326 g/mol. The number of carbonyl (C=O) groups is 2. The molecule has 0 unspecified atom stereocenters. The van der Waals surface area contributed by atoms with Crippen molar-refractivity contribution in [3.63, 3.8) is 0 Å². The highest BCUT2D eigenvalue weighted by molar-refractivity contribution is 6.30. The van der Waals surface area contributed by atoms with Crippen LogP contribution in [0.2, 0.25) is 5.02 Å². The third-order valence-corrected chi connectivity index (χ3v) is 3.48. The second-order valence-electron chi connectivity index (χ2n) is 5.32. The van der Waals surface area contributed by atoms with E-state index in [1.54, 1.807) is 30.3 Å². The van der Waals surface area contributed by atoms with Crippen molar-refractivity contribution in [3.8, 4) is 0 Å². The fourth-order valence-corrected chi connectivity index (χ4v) is 2.11. The van der Waals surface area contributed by atoms with Crippen molar-refractivity contribution in [2.45, 2.75) is 20.0 Å². The molecule has 1 atom stereocenters. The number of aryl methyl sites for hydroxylation is 1. The van der Waals surface area contributed by atoms with Crippen LogP contribution in [0.15, 0.2) is 54.6 Å². The Morgan fingerprint density at radius 3 is 2.54 bits per heavy atom. The molecule has 4 nitrogen and oxygen atoms in total. The SMILES string of the molecule is Cc1cccc(/C=C/C(=O)O[C@@H](C)C(=O)Nc2ccc(Cl)cc2)c1. The molecule has 2 aromatic rings. The van der Waals surface area contributed by atoms with Gasteiger partial charge in [0.1, 0.15) is 0 Å². The predicted octanol–water partition coefficient (Wildman–Crippen LogP) is 4.23. The average molecular weight is 344 g/mol. The number of esters is 1. The van der Waals surface area contributed by atoms with Gasteiger partial charge in [0, 0.05) is 16.8 Å². The van der Waals surface area contributed by atoms with Gasteiger partial charge in [0.15, 0.2) is 6.10 Å². The summed E-state index contributed by atoms with van der Waals surface area (Å²) in [6, 6.07) is 14.4. The number of halogens is 1. The molecule has 5 heteroatoms. The topological polar surface area (TPSA) is 55.4 Å². The number of nitrogens with one attached hydrogen (secondary N) is 1. The van der Waals surface area contributed by atoms with Crippen LogP contribution in [0, 0.1) is 6.92 Å². The van der Waals surface area contributed by atoms with Gasteiger partial charge in [0.05, 0.1) is 0 Å². The number of ether oxygens (including phenoxy) is 1. The summed E-state index contributed by atoms with van der Waals surface area (Å²) in [6.07, 6.45) is 2.05. The predicted molar refractivity (Wildman–Crippen MR) is 95.8 cm³/mol. The van der Waals surface area contributed by atoms with Crippen molar-refractivity contribution < 1.29 is 14.3 Å². The van der Waals surface area contributed by atoms with E-state index in [9.17, 15) is 9.59 Å². The summed E-state index contributed by atoms with van der Waals surface area (Å²) in [7, 11) is 0. The van der Waals surface area contributed by atoms with E-state index in [1.807, 2.05) is 31.2 Å². The highest BCUT2D eigenvalue weighted by atomic mass is 35.5. The van der Waals surface area contributed by atoms with Crippen molar-refractivity contribution >= 4 is 35.2 Å². The van der Waals surface area contributed by atoms with Gasteiger partial charge in [-0.1, -0.05) is 41.4 Å². The number of amides is 1. The van der Waals surface area contributed by atoms with Crippen LogP contribution in [-0.4, -0.2) is 18.0 Å². The van der Waals surface area contributed by atoms with E-state index in [0.29, 0.717) is 10.7 Å². The van der Waals surface area contributed by atoms with Crippen LogP contribution in [0.3, 0.4) is 0 Å². The van der Waals surface area contributed by atoms with Gasteiger partial charge < -0.3 is 10.1 Å². The molecule has 0 aliphatic rings. The van der Waals surface area contributed by atoms with Crippen LogP contribution in [0.5, 0.6) is 0 Å². The Balaban J connectivity index is 1.88. The summed E-state index contributed by atoms with van der Waals surface area (Å²) in [4.78, 5) is 23.8. The second kappa shape index (κ2) is 8.31. The van der Waals surface area contributed by atoms with Crippen LogP contribution >= 0.6 is 11.6 Å². The van der Waals surface area contributed by atoms with Crippen LogP contribution in [0.25, 0.3) is 6.08 Å². The smallest absolute Gasteiger partial charge is 0.331 e. The standard InChI is InChI=1S/C19H18ClNO3/c1-13-4-3-5-15(12-13)6-11-18(22)24-14(2)19(23)21-17-9-7-16(20)8-10-17/h3-12,14H,1-2H3,(H,21,23)/b11-6+/t14-/m0/s1. The monoisotopic (exact) mass is 343 g/mol. The molecule has 124 valence electrons. The van der Waals surface area contributed by atoms with E-state index in [4.69, 9.17) is 16.3 Å². The summed E-state index contributed by atoms with van der Waals surface area (Å²) >= 11 is 5.78.